The topological polar surface area (TPSA) is 43.9 Å². The lowest BCUT2D eigenvalue weighted by Gasteiger charge is -2.46. The fourth-order valence-corrected chi connectivity index (χ4v) is 4.95. The van der Waals surface area contributed by atoms with E-state index in [9.17, 15) is 8.42 Å². The van der Waals surface area contributed by atoms with Crippen molar-refractivity contribution in [1.82, 2.24) is 13.5 Å². The Balaban J connectivity index is 2.04. The molecular weight excluding hydrogens is 298 g/mol. The predicted molar refractivity (Wildman–Crippen MR) is 82.2 cm³/mol. The number of alkyl halides is 1. The normalized spacial score (nSPS) is 27.8. The Labute approximate surface area is 128 Å². The molecule has 0 bridgehead atoms. The minimum absolute atomic E-state index is 0.111. The van der Waals surface area contributed by atoms with Crippen LogP contribution >= 0.6 is 11.6 Å². The average Bonchev–Trinajstić information content (AvgIpc) is 2.41. The zero-order valence-electron chi connectivity index (χ0n) is 12.7. The Kier molecular flexibility index (Phi) is 5.02. The summed E-state index contributed by atoms with van der Waals surface area (Å²) in [6.45, 7) is 7.31. The molecule has 2 heterocycles. The van der Waals surface area contributed by atoms with Crippen molar-refractivity contribution < 1.29 is 8.42 Å². The minimum Gasteiger partial charge on any atom is -0.299 e. The molecule has 0 N–H and O–H groups in total. The molecule has 0 aliphatic carbocycles. The SMILES string of the molecule is CN1CCN(S(=O)(=O)N2CCC(CCl)CC2)CC1(C)C. The molecule has 5 nitrogen and oxygen atoms in total. The molecule has 0 amide bonds. The number of likely N-dealkylation sites (N-methyl/N-ethyl adjacent to an activating group) is 1. The molecule has 20 heavy (non-hydrogen) atoms. The first kappa shape index (κ1) is 16.5. The number of piperidine rings is 1. The summed E-state index contributed by atoms with van der Waals surface area (Å²) in [7, 11) is -1.26. The highest BCUT2D eigenvalue weighted by Gasteiger charge is 2.39. The molecule has 2 saturated heterocycles. The van der Waals surface area contributed by atoms with Gasteiger partial charge in [-0.2, -0.15) is 17.0 Å². The Bertz CT molecular complexity index is 433. The average molecular weight is 324 g/mol. The van der Waals surface area contributed by atoms with Gasteiger partial charge in [-0.05, 0) is 39.7 Å². The zero-order valence-corrected chi connectivity index (χ0v) is 14.3. The quantitative estimate of drug-likeness (QED) is 0.733. The highest BCUT2D eigenvalue weighted by molar-refractivity contribution is 7.86. The van der Waals surface area contributed by atoms with E-state index in [-0.39, 0.29) is 5.54 Å². The Hall–Kier alpha value is 0.120. The van der Waals surface area contributed by atoms with Crippen molar-refractivity contribution in [2.75, 3.05) is 45.7 Å². The molecule has 0 aromatic heterocycles. The summed E-state index contributed by atoms with van der Waals surface area (Å²) >= 11 is 5.86. The second-order valence-electron chi connectivity index (χ2n) is 6.57. The summed E-state index contributed by atoms with van der Waals surface area (Å²) in [4.78, 5) is 2.22. The maximum absolute atomic E-state index is 12.7. The molecule has 0 atom stereocenters. The lowest BCUT2D eigenvalue weighted by Crippen LogP contribution is -2.61. The lowest BCUT2D eigenvalue weighted by molar-refractivity contribution is 0.0758. The highest BCUT2D eigenvalue weighted by atomic mass is 35.5. The summed E-state index contributed by atoms with van der Waals surface area (Å²) < 4.78 is 28.7. The van der Waals surface area contributed by atoms with Gasteiger partial charge in [-0.3, -0.25) is 4.90 Å². The second-order valence-corrected chi connectivity index (χ2v) is 8.81. The van der Waals surface area contributed by atoms with Gasteiger partial charge < -0.3 is 0 Å². The second kappa shape index (κ2) is 6.08. The van der Waals surface area contributed by atoms with Crippen molar-refractivity contribution in [3.63, 3.8) is 0 Å². The third-order valence-electron chi connectivity index (χ3n) is 4.73. The van der Waals surface area contributed by atoms with E-state index < -0.39 is 10.2 Å². The third-order valence-corrected chi connectivity index (χ3v) is 7.14. The van der Waals surface area contributed by atoms with Gasteiger partial charge in [0.25, 0.3) is 10.2 Å². The van der Waals surface area contributed by atoms with Crippen LogP contribution in [0.25, 0.3) is 0 Å². The fourth-order valence-electron chi connectivity index (χ4n) is 2.85. The number of hydrogen-bond acceptors (Lipinski definition) is 3. The first-order chi connectivity index (χ1) is 9.27. The summed E-state index contributed by atoms with van der Waals surface area (Å²) in [6.07, 6.45) is 1.75. The largest absolute Gasteiger partial charge is 0.299 e. The van der Waals surface area contributed by atoms with E-state index in [0.717, 1.165) is 19.4 Å². The van der Waals surface area contributed by atoms with Gasteiger partial charge >= 0.3 is 0 Å². The van der Waals surface area contributed by atoms with Crippen LogP contribution < -0.4 is 0 Å². The van der Waals surface area contributed by atoms with Crippen LogP contribution in [0.4, 0.5) is 0 Å². The zero-order chi connectivity index (χ0) is 15.0. The van der Waals surface area contributed by atoms with Crippen molar-refractivity contribution in [2.24, 2.45) is 5.92 Å². The minimum atomic E-state index is -3.31. The molecule has 2 aliphatic heterocycles. The summed E-state index contributed by atoms with van der Waals surface area (Å²) in [6, 6.07) is 0. The van der Waals surface area contributed by atoms with E-state index in [4.69, 9.17) is 11.6 Å². The van der Waals surface area contributed by atoms with Crippen molar-refractivity contribution >= 4 is 21.8 Å². The van der Waals surface area contributed by atoms with Crippen molar-refractivity contribution in [3.05, 3.63) is 0 Å². The van der Waals surface area contributed by atoms with E-state index in [1.165, 1.54) is 0 Å². The molecular formula is C13H26ClN3O2S. The predicted octanol–water partition coefficient (Wildman–Crippen LogP) is 1.21. The van der Waals surface area contributed by atoms with Crippen LogP contribution in [0.2, 0.25) is 0 Å². The van der Waals surface area contributed by atoms with E-state index in [1.54, 1.807) is 8.61 Å². The molecule has 0 radical (unpaired) electrons. The lowest BCUT2D eigenvalue weighted by atomic mass is 10.0. The third kappa shape index (κ3) is 3.30. The molecule has 118 valence electrons. The van der Waals surface area contributed by atoms with Crippen molar-refractivity contribution in [2.45, 2.75) is 32.2 Å². The summed E-state index contributed by atoms with van der Waals surface area (Å²) in [5.74, 6) is 1.10. The molecule has 2 aliphatic rings. The standard InChI is InChI=1S/C13H26ClN3O2S/c1-13(2)11-17(9-8-15(13)3)20(18,19)16-6-4-12(10-14)5-7-16/h12H,4-11H2,1-3H3. The molecule has 0 spiro atoms. The first-order valence-electron chi connectivity index (χ1n) is 7.30. The number of nitrogens with zero attached hydrogens (tertiary/aromatic N) is 3. The Morgan fingerprint density at radius 1 is 1.10 bits per heavy atom. The molecule has 7 heteroatoms. The van der Waals surface area contributed by atoms with E-state index in [2.05, 4.69) is 25.8 Å². The smallest absolute Gasteiger partial charge is 0.282 e. The Morgan fingerprint density at radius 3 is 2.20 bits per heavy atom. The molecule has 2 rings (SSSR count). The molecule has 0 unspecified atom stereocenters. The van der Waals surface area contributed by atoms with Crippen LogP contribution in [0.15, 0.2) is 0 Å². The van der Waals surface area contributed by atoms with Crippen LogP contribution in [0, 0.1) is 5.92 Å². The number of halogens is 1. The van der Waals surface area contributed by atoms with Gasteiger partial charge in [0.15, 0.2) is 0 Å². The summed E-state index contributed by atoms with van der Waals surface area (Å²) in [5, 5.41) is 0. The van der Waals surface area contributed by atoms with E-state index in [1.807, 2.05) is 0 Å². The highest BCUT2D eigenvalue weighted by Crippen LogP contribution is 2.26. The molecule has 0 aromatic rings. The number of rotatable bonds is 3. The van der Waals surface area contributed by atoms with Crippen LogP contribution in [-0.2, 0) is 10.2 Å². The van der Waals surface area contributed by atoms with E-state index >= 15 is 0 Å². The van der Waals surface area contributed by atoms with Crippen LogP contribution in [0.5, 0.6) is 0 Å². The Morgan fingerprint density at radius 2 is 1.70 bits per heavy atom. The van der Waals surface area contributed by atoms with Crippen LogP contribution in [0.1, 0.15) is 26.7 Å². The first-order valence-corrected chi connectivity index (χ1v) is 9.23. The van der Waals surface area contributed by atoms with Crippen molar-refractivity contribution in [1.29, 1.82) is 0 Å². The van der Waals surface area contributed by atoms with E-state index in [0.29, 0.717) is 38.0 Å². The van der Waals surface area contributed by atoms with Crippen molar-refractivity contribution in [3.8, 4) is 0 Å². The number of hydrogen-bond donors (Lipinski definition) is 0. The van der Waals surface area contributed by atoms with Gasteiger partial charge in [0.2, 0.25) is 0 Å². The summed E-state index contributed by atoms with van der Waals surface area (Å²) in [5.41, 5.74) is -0.111. The maximum atomic E-state index is 12.7. The molecule has 0 saturated carbocycles. The fraction of sp³-hybridized carbons (Fsp3) is 1.00. The van der Waals surface area contributed by atoms with Gasteiger partial charge in [-0.15, -0.1) is 11.6 Å². The van der Waals surface area contributed by atoms with Gasteiger partial charge in [0, 0.05) is 44.1 Å². The maximum Gasteiger partial charge on any atom is 0.282 e. The van der Waals surface area contributed by atoms with Gasteiger partial charge in [0.05, 0.1) is 0 Å². The molecule has 2 fully saturated rings. The van der Waals surface area contributed by atoms with Crippen LogP contribution in [-0.4, -0.2) is 73.1 Å². The number of piperazine rings is 1. The monoisotopic (exact) mass is 323 g/mol. The van der Waals surface area contributed by atoms with Gasteiger partial charge in [-0.25, -0.2) is 0 Å². The van der Waals surface area contributed by atoms with Gasteiger partial charge in [-0.1, -0.05) is 0 Å². The molecule has 0 aromatic carbocycles. The van der Waals surface area contributed by atoms with Crippen LogP contribution in [0.3, 0.4) is 0 Å². The van der Waals surface area contributed by atoms with Gasteiger partial charge in [0.1, 0.15) is 0 Å².